The van der Waals surface area contributed by atoms with Crippen molar-refractivity contribution in [1.29, 1.82) is 0 Å². The van der Waals surface area contributed by atoms with Gasteiger partial charge in [0.05, 0.1) is 24.2 Å². The highest BCUT2D eigenvalue weighted by Gasteiger charge is 2.16. The third-order valence-electron chi connectivity index (χ3n) is 4.10. The molecule has 0 aliphatic carbocycles. The number of nitrogens with one attached hydrogen (secondary N) is 2. The van der Waals surface area contributed by atoms with Gasteiger partial charge in [-0.15, -0.1) is 0 Å². The van der Waals surface area contributed by atoms with Crippen LogP contribution in [-0.4, -0.2) is 27.5 Å². The molecule has 2 N–H and O–H groups in total. The zero-order chi connectivity index (χ0) is 20.7. The molecule has 1 aromatic heterocycles. The Kier molecular flexibility index (Phi) is 6.69. The van der Waals surface area contributed by atoms with E-state index >= 15 is 0 Å². The van der Waals surface area contributed by atoms with Crippen molar-refractivity contribution in [3.8, 4) is 5.75 Å². The van der Waals surface area contributed by atoms with Gasteiger partial charge in [0.25, 0.3) is 5.91 Å². The second-order valence-corrected chi connectivity index (χ2v) is 8.12. The Morgan fingerprint density at radius 2 is 1.86 bits per heavy atom. The summed E-state index contributed by atoms with van der Waals surface area (Å²) in [5.41, 5.74) is 1.39. The largest absolute Gasteiger partial charge is 0.492 e. The molecule has 7 nitrogen and oxygen atoms in total. The third kappa shape index (κ3) is 5.94. The van der Waals surface area contributed by atoms with Crippen LogP contribution in [0.4, 0.5) is 0 Å². The lowest BCUT2D eigenvalue weighted by atomic mass is 10.2. The molecular weight excluding hydrogens is 392 g/mol. The normalized spacial score (nSPS) is 11.2. The maximum atomic E-state index is 12.4. The van der Waals surface area contributed by atoms with Crippen molar-refractivity contribution in [2.24, 2.45) is 0 Å². The van der Waals surface area contributed by atoms with E-state index in [-0.39, 0.29) is 22.9 Å². The van der Waals surface area contributed by atoms with Crippen LogP contribution in [-0.2, 0) is 16.6 Å². The number of furan rings is 1. The van der Waals surface area contributed by atoms with Crippen LogP contribution >= 0.6 is 0 Å². The average Bonchev–Trinajstić information content (AvgIpc) is 3.25. The molecule has 0 saturated carbocycles. The number of amides is 1. The molecule has 152 valence electrons. The van der Waals surface area contributed by atoms with Gasteiger partial charge in [-0.3, -0.25) is 4.79 Å². The summed E-state index contributed by atoms with van der Waals surface area (Å²) >= 11 is 0. The third-order valence-corrected chi connectivity index (χ3v) is 5.50. The number of ether oxygens (including phenoxy) is 1. The summed E-state index contributed by atoms with van der Waals surface area (Å²) in [6.45, 7) is 2.62. The van der Waals surface area contributed by atoms with Crippen molar-refractivity contribution in [2.45, 2.75) is 18.4 Å². The molecule has 2 aromatic carbocycles. The second-order valence-electron chi connectivity index (χ2n) is 6.35. The highest BCUT2D eigenvalue weighted by Crippen LogP contribution is 2.13. The summed E-state index contributed by atoms with van der Waals surface area (Å²) < 4.78 is 38.0. The molecular formula is C21H22N2O5S. The molecule has 0 unspecified atom stereocenters. The first-order valence-corrected chi connectivity index (χ1v) is 10.5. The molecule has 8 heteroatoms. The number of benzene rings is 2. The fraction of sp³-hybridized carbons (Fsp3) is 0.190. The predicted octanol–water partition coefficient (Wildman–Crippen LogP) is 2.88. The molecule has 0 aliphatic heterocycles. The Bertz CT molecular complexity index is 1040. The van der Waals surface area contributed by atoms with Crippen molar-refractivity contribution < 1.29 is 22.4 Å². The Labute approximate surface area is 169 Å². The fourth-order valence-corrected chi connectivity index (χ4v) is 3.58. The maximum Gasteiger partial charge on any atom is 0.251 e. The number of sulfonamides is 1. The summed E-state index contributed by atoms with van der Waals surface area (Å²) in [7, 11) is -3.77. The minimum atomic E-state index is -3.77. The average molecular weight is 414 g/mol. The van der Waals surface area contributed by atoms with Crippen LogP contribution in [0.1, 0.15) is 21.7 Å². The molecule has 0 atom stereocenters. The van der Waals surface area contributed by atoms with Crippen LogP contribution in [0, 0.1) is 6.92 Å². The van der Waals surface area contributed by atoms with Crippen LogP contribution in [0.3, 0.4) is 0 Å². The van der Waals surface area contributed by atoms with Gasteiger partial charge in [0.15, 0.2) is 0 Å². The van der Waals surface area contributed by atoms with E-state index in [1.165, 1.54) is 24.5 Å². The fourth-order valence-electron chi connectivity index (χ4n) is 2.54. The SMILES string of the molecule is Cc1ccc(OCCNC(=O)c2cccc(S(=O)(=O)NCc3ccco3)c2)cc1. The molecule has 1 amide bonds. The molecule has 1 heterocycles. The predicted molar refractivity (Wildman–Crippen MR) is 108 cm³/mol. The Hall–Kier alpha value is -3.10. The van der Waals surface area contributed by atoms with E-state index in [1.807, 2.05) is 31.2 Å². The molecule has 0 radical (unpaired) electrons. The van der Waals surface area contributed by atoms with Crippen LogP contribution in [0.15, 0.2) is 76.2 Å². The summed E-state index contributed by atoms with van der Waals surface area (Å²) in [6.07, 6.45) is 1.47. The van der Waals surface area contributed by atoms with E-state index < -0.39 is 10.0 Å². The van der Waals surface area contributed by atoms with E-state index in [1.54, 1.807) is 18.2 Å². The second kappa shape index (κ2) is 9.40. The number of hydrogen-bond acceptors (Lipinski definition) is 5. The van der Waals surface area contributed by atoms with Crippen molar-refractivity contribution in [1.82, 2.24) is 10.0 Å². The standard InChI is InChI=1S/C21H22N2O5S/c1-16-7-9-18(10-8-16)28-13-11-22-21(24)17-4-2-6-20(14-17)29(25,26)23-15-19-5-3-12-27-19/h2-10,12,14,23H,11,13,15H2,1H3,(H,22,24). The molecule has 3 rings (SSSR count). The highest BCUT2D eigenvalue weighted by molar-refractivity contribution is 7.89. The lowest BCUT2D eigenvalue weighted by molar-refractivity contribution is 0.0947. The molecule has 0 spiro atoms. The monoisotopic (exact) mass is 414 g/mol. The molecule has 29 heavy (non-hydrogen) atoms. The zero-order valence-electron chi connectivity index (χ0n) is 15.9. The van der Waals surface area contributed by atoms with Crippen LogP contribution < -0.4 is 14.8 Å². The Morgan fingerprint density at radius 1 is 1.07 bits per heavy atom. The first kappa shape index (κ1) is 20.6. The van der Waals surface area contributed by atoms with Gasteiger partial charge in [0, 0.05) is 5.56 Å². The van der Waals surface area contributed by atoms with E-state index in [9.17, 15) is 13.2 Å². The number of carbonyl (C=O) groups is 1. The van der Waals surface area contributed by atoms with Gasteiger partial charge in [-0.1, -0.05) is 23.8 Å². The minimum Gasteiger partial charge on any atom is -0.492 e. The zero-order valence-corrected chi connectivity index (χ0v) is 16.7. The quantitative estimate of drug-likeness (QED) is 0.525. The summed E-state index contributed by atoms with van der Waals surface area (Å²) in [4.78, 5) is 12.3. The minimum absolute atomic E-state index is 0.00705. The van der Waals surface area contributed by atoms with Crippen molar-refractivity contribution >= 4 is 15.9 Å². The van der Waals surface area contributed by atoms with Gasteiger partial charge in [0.2, 0.25) is 10.0 Å². The summed E-state index contributed by atoms with van der Waals surface area (Å²) in [5.74, 6) is 0.845. The molecule has 0 saturated heterocycles. The van der Waals surface area contributed by atoms with Crippen LogP contribution in [0.25, 0.3) is 0 Å². The lowest BCUT2D eigenvalue weighted by Gasteiger charge is -2.09. The first-order valence-electron chi connectivity index (χ1n) is 9.04. The summed E-state index contributed by atoms with van der Waals surface area (Å²) in [5, 5.41) is 2.72. The van der Waals surface area contributed by atoms with Crippen molar-refractivity contribution in [3.63, 3.8) is 0 Å². The molecule has 0 fully saturated rings. The van der Waals surface area contributed by atoms with E-state index in [4.69, 9.17) is 9.15 Å². The molecule has 0 bridgehead atoms. The van der Waals surface area contributed by atoms with Gasteiger partial charge >= 0.3 is 0 Å². The number of aryl methyl sites for hydroxylation is 1. The first-order chi connectivity index (χ1) is 13.9. The van der Waals surface area contributed by atoms with E-state index in [2.05, 4.69) is 10.0 Å². The smallest absolute Gasteiger partial charge is 0.251 e. The van der Waals surface area contributed by atoms with Crippen molar-refractivity contribution in [2.75, 3.05) is 13.2 Å². The number of rotatable bonds is 9. The topological polar surface area (TPSA) is 97.6 Å². The maximum absolute atomic E-state index is 12.4. The van der Waals surface area contributed by atoms with E-state index in [0.29, 0.717) is 18.9 Å². The van der Waals surface area contributed by atoms with Crippen molar-refractivity contribution in [3.05, 3.63) is 83.8 Å². The van der Waals surface area contributed by atoms with Crippen LogP contribution in [0.2, 0.25) is 0 Å². The van der Waals surface area contributed by atoms with Gasteiger partial charge in [-0.2, -0.15) is 0 Å². The van der Waals surface area contributed by atoms with E-state index in [0.717, 1.165) is 11.3 Å². The van der Waals surface area contributed by atoms with Gasteiger partial charge in [0.1, 0.15) is 18.1 Å². The highest BCUT2D eigenvalue weighted by atomic mass is 32.2. The van der Waals surface area contributed by atoms with Gasteiger partial charge < -0.3 is 14.5 Å². The number of carbonyl (C=O) groups excluding carboxylic acids is 1. The summed E-state index contributed by atoms with van der Waals surface area (Å²) in [6, 6.07) is 16.8. The van der Waals surface area contributed by atoms with Gasteiger partial charge in [-0.25, -0.2) is 13.1 Å². The van der Waals surface area contributed by atoms with Crippen LogP contribution in [0.5, 0.6) is 5.75 Å². The van der Waals surface area contributed by atoms with Gasteiger partial charge in [-0.05, 0) is 49.4 Å². The molecule has 3 aromatic rings. The Balaban J connectivity index is 1.53. The lowest BCUT2D eigenvalue weighted by Crippen LogP contribution is -2.28. The molecule has 0 aliphatic rings. The number of hydrogen-bond donors (Lipinski definition) is 2. The Morgan fingerprint density at radius 3 is 2.59 bits per heavy atom.